The van der Waals surface area contributed by atoms with Crippen LogP contribution in [0, 0.1) is 6.92 Å². The molecule has 18 heavy (non-hydrogen) atoms. The molecule has 0 spiro atoms. The van der Waals surface area contributed by atoms with Crippen LogP contribution in [0.1, 0.15) is 36.2 Å². The molecule has 2 aromatic rings. The number of thiophene rings is 1. The van der Waals surface area contributed by atoms with Crippen LogP contribution in [-0.2, 0) is 13.1 Å². The molecule has 1 atom stereocenters. The standard InChI is InChI=1S/C13H18BrN3S/c1-4-17-11(13(14)10(3)16-17)8-15-9(2)12-6-5-7-18-12/h5-7,9,15H,4,8H2,1-3H3. The summed E-state index contributed by atoms with van der Waals surface area (Å²) in [5.74, 6) is 0. The van der Waals surface area contributed by atoms with E-state index in [4.69, 9.17) is 0 Å². The molecule has 0 aromatic carbocycles. The van der Waals surface area contributed by atoms with Gasteiger partial charge in [-0.25, -0.2) is 0 Å². The fraction of sp³-hybridized carbons (Fsp3) is 0.462. The number of aryl methyl sites for hydroxylation is 2. The smallest absolute Gasteiger partial charge is 0.0739 e. The van der Waals surface area contributed by atoms with Crippen molar-refractivity contribution in [3.05, 3.63) is 38.3 Å². The molecule has 0 saturated carbocycles. The van der Waals surface area contributed by atoms with Crippen molar-refractivity contribution < 1.29 is 0 Å². The zero-order chi connectivity index (χ0) is 13.1. The fourth-order valence-corrected chi connectivity index (χ4v) is 3.11. The van der Waals surface area contributed by atoms with Gasteiger partial charge in [0.1, 0.15) is 0 Å². The van der Waals surface area contributed by atoms with Crippen LogP contribution < -0.4 is 5.32 Å². The van der Waals surface area contributed by atoms with Gasteiger partial charge in [-0.1, -0.05) is 6.07 Å². The normalized spacial score (nSPS) is 12.9. The molecule has 2 heterocycles. The minimum atomic E-state index is 0.373. The van der Waals surface area contributed by atoms with Gasteiger partial charge in [0.15, 0.2) is 0 Å². The maximum Gasteiger partial charge on any atom is 0.0739 e. The van der Waals surface area contributed by atoms with Crippen molar-refractivity contribution in [3.63, 3.8) is 0 Å². The third kappa shape index (κ3) is 2.84. The Labute approximate surface area is 120 Å². The molecule has 0 aliphatic carbocycles. The largest absolute Gasteiger partial charge is 0.304 e. The molecule has 0 radical (unpaired) electrons. The quantitative estimate of drug-likeness (QED) is 0.902. The Bertz CT molecular complexity index is 505. The summed E-state index contributed by atoms with van der Waals surface area (Å²) < 4.78 is 3.17. The first kappa shape index (κ1) is 13.8. The molecule has 2 aromatic heterocycles. The number of hydrogen-bond donors (Lipinski definition) is 1. The molecule has 98 valence electrons. The van der Waals surface area contributed by atoms with E-state index < -0.39 is 0 Å². The minimum Gasteiger partial charge on any atom is -0.304 e. The molecular formula is C13H18BrN3S. The molecule has 1 unspecified atom stereocenters. The van der Waals surface area contributed by atoms with Crippen molar-refractivity contribution in [2.45, 2.75) is 39.9 Å². The Morgan fingerprint density at radius 1 is 1.56 bits per heavy atom. The molecule has 0 amide bonds. The molecule has 2 rings (SSSR count). The number of nitrogens with one attached hydrogen (secondary N) is 1. The Hall–Kier alpha value is -0.650. The van der Waals surface area contributed by atoms with Crippen LogP contribution in [0.4, 0.5) is 0 Å². The van der Waals surface area contributed by atoms with Crippen LogP contribution in [0.25, 0.3) is 0 Å². The van der Waals surface area contributed by atoms with Gasteiger partial charge < -0.3 is 5.32 Å². The lowest BCUT2D eigenvalue weighted by Gasteiger charge is -2.13. The molecule has 0 aliphatic rings. The second-order valence-electron chi connectivity index (χ2n) is 4.28. The van der Waals surface area contributed by atoms with Gasteiger partial charge in [0, 0.05) is 24.0 Å². The lowest BCUT2D eigenvalue weighted by molar-refractivity contribution is 0.534. The summed E-state index contributed by atoms with van der Waals surface area (Å²) in [6, 6.07) is 4.63. The summed E-state index contributed by atoms with van der Waals surface area (Å²) >= 11 is 5.41. The summed E-state index contributed by atoms with van der Waals surface area (Å²) in [6.07, 6.45) is 0. The van der Waals surface area contributed by atoms with Gasteiger partial charge in [0.05, 0.1) is 15.9 Å². The van der Waals surface area contributed by atoms with Crippen LogP contribution in [-0.4, -0.2) is 9.78 Å². The maximum atomic E-state index is 4.50. The number of hydrogen-bond acceptors (Lipinski definition) is 3. The topological polar surface area (TPSA) is 29.9 Å². The van der Waals surface area contributed by atoms with E-state index in [0.717, 1.165) is 23.3 Å². The SMILES string of the molecule is CCn1nc(C)c(Br)c1CNC(C)c1cccs1. The summed E-state index contributed by atoms with van der Waals surface area (Å²) in [7, 11) is 0. The summed E-state index contributed by atoms with van der Waals surface area (Å²) in [5.41, 5.74) is 2.27. The van der Waals surface area contributed by atoms with E-state index in [0.29, 0.717) is 6.04 Å². The van der Waals surface area contributed by atoms with E-state index in [2.05, 4.69) is 57.7 Å². The average Bonchev–Trinajstić information content (AvgIpc) is 2.97. The van der Waals surface area contributed by atoms with Crippen LogP contribution in [0.5, 0.6) is 0 Å². The molecular weight excluding hydrogens is 310 g/mol. The van der Waals surface area contributed by atoms with E-state index in [1.807, 2.05) is 11.6 Å². The Morgan fingerprint density at radius 3 is 2.94 bits per heavy atom. The summed E-state index contributed by atoms with van der Waals surface area (Å²) in [6.45, 7) is 8.07. The Kier molecular flexibility index (Phi) is 4.59. The molecule has 0 bridgehead atoms. The predicted molar refractivity (Wildman–Crippen MR) is 79.9 cm³/mol. The Balaban J connectivity index is 2.06. The monoisotopic (exact) mass is 327 g/mol. The molecule has 1 N–H and O–H groups in total. The molecule has 3 nitrogen and oxygen atoms in total. The first-order valence-corrected chi connectivity index (χ1v) is 7.79. The number of aromatic nitrogens is 2. The molecule has 0 saturated heterocycles. The van der Waals surface area contributed by atoms with E-state index in [1.54, 1.807) is 11.3 Å². The first-order chi connectivity index (χ1) is 8.63. The van der Waals surface area contributed by atoms with Crippen molar-refractivity contribution in [3.8, 4) is 0 Å². The van der Waals surface area contributed by atoms with E-state index >= 15 is 0 Å². The highest BCUT2D eigenvalue weighted by molar-refractivity contribution is 9.10. The van der Waals surface area contributed by atoms with Crippen molar-refractivity contribution in [2.75, 3.05) is 0 Å². The Morgan fingerprint density at radius 2 is 2.33 bits per heavy atom. The maximum absolute atomic E-state index is 4.50. The third-order valence-electron chi connectivity index (χ3n) is 3.00. The van der Waals surface area contributed by atoms with Gasteiger partial charge in [-0.15, -0.1) is 11.3 Å². The summed E-state index contributed by atoms with van der Waals surface area (Å²) in [5, 5.41) is 10.2. The number of rotatable bonds is 5. The van der Waals surface area contributed by atoms with Gasteiger partial charge in [0.25, 0.3) is 0 Å². The fourth-order valence-electron chi connectivity index (χ4n) is 1.93. The second-order valence-corrected chi connectivity index (χ2v) is 6.05. The van der Waals surface area contributed by atoms with Gasteiger partial charge in [-0.2, -0.15) is 5.10 Å². The highest BCUT2D eigenvalue weighted by Crippen LogP contribution is 2.23. The first-order valence-electron chi connectivity index (χ1n) is 6.12. The van der Waals surface area contributed by atoms with Crippen LogP contribution in [0.2, 0.25) is 0 Å². The zero-order valence-electron chi connectivity index (χ0n) is 10.9. The predicted octanol–water partition coefficient (Wildman–Crippen LogP) is 3.89. The lowest BCUT2D eigenvalue weighted by Crippen LogP contribution is -2.19. The van der Waals surface area contributed by atoms with Gasteiger partial charge in [-0.3, -0.25) is 4.68 Å². The van der Waals surface area contributed by atoms with Crippen LogP contribution in [0.15, 0.2) is 22.0 Å². The molecule has 5 heteroatoms. The zero-order valence-corrected chi connectivity index (χ0v) is 13.3. The summed E-state index contributed by atoms with van der Waals surface area (Å²) in [4.78, 5) is 1.37. The minimum absolute atomic E-state index is 0.373. The van der Waals surface area contributed by atoms with E-state index in [-0.39, 0.29) is 0 Å². The van der Waals surface area contributed by atoms with E-state index in [1.165, 1.54) is 10.6 Å². The van der Waals surface area contributed by atoms with Crippen LogP contribution >= 0.6 is 27.3 Å². The van der Waals surface area contributed by atoms with Gasteiger partial charge in [-0.05, 0) is 48.1 Å². The third-order valence-corrected chi connectivity index (χ3v) is 5.09. The van der Waals surface area contributed by atoms with Gasteiger partial charge >= 0.3 is 0 Å². The van der Waals surface area contributed by atoms with Crippen LogP contribution in [0.3, 0.4) is 0 Å². The van der Waals surface area contributed by atoms with Crippen molar-refractivity contribution in [1.82, 2.24) is 15.1 Å². The number of nitrogens with zero attached hydrogens (tertiary/aromatic N) is 2. The number of halogens is 1. The highest BCUT2D eigenvalue weighted by Gasteiger charge is 2.13. The van der Waals surface area contributed by atoms with Gasteiger partial charge in [0.2, 0.25) is 0 Å². The van der Waals surface area contributed by atoms with Crippen molar-refractivity contribution in [1.29, 1.82) is 0 Å². The second kappa shape index (κ2) is 5.99. The van der Waals surface area contributed by atoms with Crippen molar-refractivity contribution >= 4 is 27.3 Å². The molecule has 0 fully saturated rings. The average molecular weight is 328 g/mol. The highest BCUT2D eigenvalue weighted by atomic mass is 79.9. The molecule has 0 aliphatic heterocycles. The van der Waals surface area contributed by atoms with E-state index in [9.17, 15) is 0 Å². The van der Waals surface area contributed by atoms with Crippen molar-refractivity contribution in [2.24, 2.45) is 0 Å². The lowest BCUT2D eigenvalue weighted by atomic mass is 10.2.